The van der Waals surface area contributed by atoms with Crippen LogP contribution >= 0.6 is 11.6 Å². The number of halogens is 1. The van der Waals surface area contributed by atoms with Crippen LogP contribution in [-0.4, -0.2) is 29.3 Å². The Labute approximate surface area is 174 Å². The van der Waals surface area contributed by atoms with Crippen LogP contribution in [0.25, 0.3) is 5.52 Å². The van der Waals surface area contributed by atoms with Gasteiger partial charge < -0.3 is 5.32 Å². The van der Waals surface area contributed by atoms with Gasteiger partial charge in [-0.25, -0.2) is 17.9 Å². The lowest BCUT2D eigenvalue weighted by Crippen LogP contribution is -2.14. The highest BCUT2D eigenvalue weighted by molar-refractivity contribution is 7.90. The zero-order valence-corrected chi connectivity index (χ0v) is 17.4. The van der Waals surface area contributed by atoms with Crippen molar-refractivity contribution in [2.24, 2.45) is 0 Å². The Bertz CT molecular complexity index is 1280. The van der Waals surface area contributed by atoms with E-state index in [1.807, 2.05) is 43.3 Å². The third kappa shape index (κ3) is 4.11. The molecule has 0 bridgehead atoms. The van der Waals surface area contributed by atoms with Gasteiger partial charge in [-0.3, -0.25) is 0 Å². The minimum Gasteiger partial charge on any atom is -0.357 e. The highest BCUT2D eigenvalue weighted by atomic mass is 35.5. The predicted octanol–water partition coefficient (Wildman–Crippen LogP) is 4.30. The Hall–Kier alpha value is -2.90. The van der Waals surface area contributed by atoms with Gasteiger partial charge in [-0.15, -0.1) is 0 Å². The van der Waals surface area contributed by atoms with E-state index in [1.165, 1.54) is 6.26 Å². The summed E-state index contributed by atoms with van der Waals surface area (Å²) < 4.78 is 25.9. The van der Waals surface area contributed by atoms with Gasteiger partial charge in [0.2, 0.25) is 0 Å². The first-order chi connectivity index (χ1) is 13.8. The van der Waals surface area contributed by atoms with Crippen LogP contribution in [0.2, 0.25) is 5.02 Å². The maximum absolute atomic E-state index is 12.1. The number of hydrogen-bond donors (Lipinski definition) is 1. The van der Waals surface area contributed by atoms with E-state index in [9.17, 15) is 8.42 Å². The number of nitrogens with one attached hydrogen (secondary N) is 1. The summed E-state index contributed by atoms with van der Waals surface area (Å²) in [7, 11) is -3.33. The maximum Gasteiger partial charge on any atom is 0.175 e. The lowest BCUT2D eigenvalue weighted by atomic mass is 9.98. The summed E-state index contributed by atoms with van der Waals surface area (Å²) in [4.78, 5) is 4.75. The molecule has 0 aliphatic rings. The molecule has 2 aromatic carbocycles. The second-order valence-electron chi connectivity index (χ2n) is 6.86. The van der Waals surface area contributed by atoms with Gasteiger partial charge in [0.1, 0.15) is 5.52 Å². The number of nitrogens with zero attached hydrogens (tertiary/aromatic N) is 3. The van der Waals surface area contributed by atoms with Crippen LogP contribution in [0.4, 0.5) is 5.82 Å². The van der Waals surface area contributed by atoms with Crippen LogP contribution in [0.5, 0.6) is 0 Å². The van der Waals surface area contributed by atoms with Gasteiger partial charge >= 0.3 is 0 Å². The van der Waals surface area contributed by atoms with E-state index in [-0.39, 0.29) is 10.9 Å². The summed E-state index contributed by atoms with van der Waals surface area (Å²) in [6, 6.07) is 16.0. The van der Waals surface area contributed by atoms with E-state index in [2.05, 4.69) is 15.4 Å². The number of hydrogen-bond acceptors (Lipinski definition) is 5. The average Bonchev–Trinajstić information content (AvgIpc) is 3.07. The molecule has 29 heavy (non-hydrogen) atoms. The fourth-order valence-corrected chi connectivity index (χ4v) is 4.03. The molecule has 4 aromatic rings. The molecule has 0 aliphatic heterocycles. The summed E-state index contributed by atoms with van der Waals surface area (Å²) in [6.07, 6.45) is 4.66. The van der Waals surface area contributed by atoms with Crippen LogP contribution < -0.4 is 5.32 Å². The lowest BCUT2D eigenvalue weighted by molar-refractivity contribution is 0.601. The van der Waals surface area contributed by atoms with Gasteiger partial charge in [0.15, 0.2) is 15.7 Å². The Morgan fingerprint density at radius 2 is 1.83 bits per heavy atom. The molecule has 1 N–H and O–H groups in total. The van der Waals surface area contributed by atoms with Crippen LogP contribution in [-0.2, 0) is 9.84 Å². The first-order valence-corrected chi connectivity index (χ1v) is 11.2. The molecule has 0 spiro atoms. The second kappa shape index (κ2) is 7.50. The number of aromatic nitrogens is 3. The fraction of sp³-hybridized carbons (Fsp3) is 0.143. The van der Waals surface area contributed by atoms with Gasteiger partial charge in [-0.05, 0) is 48.4 Å². The predicted molar refractivity (Wildman–Crippen MR) is 114 cm³/mol. The molecule has 0 saturated carbocycles. The number of rotatable bonds is 5. The quantitative estimate of drug-likeness (QED) is 0.515. The summed E-state index contributed by atoms with van der Waals surface area (Å²) in [5.41, 5.74) is 3.45. The van der Waals surface area contributed by atoms with E-state index < -0.39 is 9.84 Å². The summed E-state index contributed by atoms with van der Waals surface area (Å²) in [5, 5.41) is 8.51. The van der Waals surface area contributed by atoms with Crippen LogP contribution in [0.1, 0.15) is 22.9 Å². The topological polar surface area (TPSA) is 76.4 Å². The average molecular weight is 427 g/mol. The van der Waals surface area contributed by atoms with Gasteiger partial charge in [-0.1, -0.05) is 35.9 Å². The minimum atomic E-state index is -3.33. The smallest absolute Gasteiger partial charge is 0.175 e. The number of aryl methyl sites for hydroxylation is 1. The van der Waals surface area contributed by atoms with Crippen LogP contribution in [0, 0.1) is 6.92 Å². The molecular formula is C21H19ClN4O2S. The Morgan fingerprint density at radius 3 is 2.55 bits per heavy atom. The van der Waals surface area contributed by atoms with E-state index in [1.54, 1.807) is 35.1 Å². The molecule has 1 unspecified atom stereocenters. The van der Waals surface area contributed by atoms with Crippen molar-refractivity contribution in [3.8, 4) is 0 Å². The van der Waals surface area contributed by atoms with Crippen molar-refractivity contribution in [1.29, 1.82) is 0 Å². The molecule has 0 aliphatic carbocycles. The zero-order valence-electron chi connectivity index (χ0n) is 15.9. The molecule has 0 fully saturated rings. The summed E-state index contributed by atoms with van der Waals surface area (Å²) in [5.74, 6) is 0.651. The van der Waals surface area contributed by atoms with E-state index in [4.69, 9.17) is 11.6 Å². The van der Waals surface area contributed by atoms with Crippen molar-refractivity contribution in [1.82, 2.24) is 14.6 Å². The van der Waals surface area contributed by atoms with E-state index >= 15 is 0 Å². The Kier molecular flexibility index (Phi) is 5.02. The third-order valence-corrected chi connectivity index (χ3v) is 5.98. The molecule has 2 aromatic heterocycles. The number of fused-ring (bicyclic) bond motifs is 1. The first-order valence-electron chi connectivity index (χ1n) is 8.94. The van der Waals surface area contributed by atoms with E-state index in [0.29, 0.717) is 10.8 Å². The highest BCUT2D eigenvalue weighted by Crippen LogP contribution is 2.30. The van der Waals surface area contributed by atoms with E-state index in [0.717, 1.165) is 22.3 Å². The standard InChI is InChI=1S/C21H19ClN4O2S/c1-14-12-19-21(23-10-11-26(19)25-14)24-20(15-6-8-17(22)9-7-15)16-4-3-5-18(13-16)29(2,27)28/h3-13,20H,1-2H3,(H,23,24). The molecule has 6 nitrogen and oxygen atoms in total. The van der Waals surface area contributed by atoms with Gasteiger partial charge in [0.25, 0.3) is 0 Å². The first kappa shape index (κ1) is 19.4. The molecule has 4 rings (SSSR count). The Balaban J connectivity index is 1.84. The Morgan fingerprint density at radius 1 is 1.07 bits per heavy atom. The van der Waals surface area contributed by atoms with Gasteiger partial charge in [-0.2, -0.15) is 5.10 Å². The normalized spacial score (nSPS) is 12.8. The molecule has 2 heterocycles. The highest BCUT2D eigenvalue weighted by Gasteiger charge is 2.19. The van der Waals surface area contributed by atoms with Gasteiger partial charge in [0.05, 0.1) is 16.6 Å². The maximum atomic E-state index is 12.1. The molecule has 0 amide bonds. The third-order valence-electron chi connectivity index (χ3n) is 4.62. The monoisotopic (exact) mass is 426 g/mol. The fourth-order valence-electron chi connectivity index (χ4n) is 3.23. The molecule has 0 radical (unpaired) electrons. The van der Waals surface area contributed by atoms with Gasteiger partial charge in [0, 0.05) is 23.7 Å². The lowest BCUT2D eigenvalue weighted by Gasteiger charge is -2.21. The largest absolute Gasteiger partial charge is 0.357 e. The molecule has 0 saturated heterocycles. The van der Waals surface area contributed by atoms with Crippen molar-refractivity contribution >= 4 is 32.8 Å². The number of benzene rings is 2. The zero-order chi connectivity index (χ0) is 20.6. The van der Waals surface area contributed by atoms with Crippen LogP contribution in [0.15, 0.2) is 71.9 Å². The molecule has 8 heteroatoms. The SMILES string of the molecule is Cc1cc2c(NC(c3ccc(Cl)cc3)c3cccc(S(C)(=O)=O)c3)nccn2n1. The van der Waals surface area contributed by atoms with Crippen molar-refractivity contribution < 1.29 is 8.42 Å². The van der Waals surface area contributed by atoms with Crippen molar-refractivity contribution in [3.63, 3.8) is 0 Å². The molecular weight excluding hydrogens is 408 g/mol. The minimum absolute atomic E-state index is 0.266. The van der Waals surface area contributed by atoms with Crippen molar-refractivity contribution in [3.05, 3.63) is 88.8 Å². The van der Waals surface area contributed by atoms with Crippen molar-refractivity contribution in [2.75, 3.05) is 11.6 Å². The summed E-state index contributed by atoms with van der Waals surface area (Å²) >= 11 is 6.06. The second-order valence-corrected chi connectivity index (χ2v) is 9.32. The van der Waals surface area contributed by atoms with Crippen molar-refractivity contribution in [2.45, 2.75) is 17.9 Å². The number of sulfone groups is 1. The summed E-state index contributed by atoms with van der Waals surface area (Å²) in [6.45, 7) is 1.92. The van der Waals surface area contributed by atoms with Crippen LogP contribution in [0.3, 0.4) is 0 Å². The molecule has 1 atom stereocenters. The molecule has 148 valence electrons. The number of anilines is 1.